The maximum absolute atomic E-state index is 6.38. The molecule has 0 aliphatic heterocycles. The summed E-state index contributed by atoms with van der Waals surface area (Å²) in [6.45, 7) is 5.32. The minimum absolute atomic E-state index is 0.642. The fourth-order valence-corrected chi connectivity index (χ4v) is 3.58. The Hall–Kier alpha value is -0.540. The van der Waals surface area contributed by atoms with Crippen LogP contribution in [0.5, 0.6) is 0 Å². The predicted octanol–water partition coefficient (Wildman–Crippen LogP) is 3.48. The predicted molar refractivity (Wildman–Crippen MR) is 80.7 cm³/mol. The molecule has 2 atom stereocenters. The quantitative estimate of drug-likeness (QED) is 0.858. The minimum atomic E-state index is 0.642. The summed E-state index contributed by atoms with van der Waals surface area (Å²) in [4.78, 5) is 0. The molecular formula is C15H26ClN3. The Morgan fingerprint density at radius 2 is 2.05 bits per heavy atom. The van der Waals surface area contributed by atoms with Gasteiger partial charge in [0.15, 0.2) is 0 Å². The summed E-state index contributed by atoms with van der Waals surface area (Å²) in [5.74, 6) is 0.697. The van der Waals surface area contributed by atoms with E-state index in [2.05, 4.69) is 24.3 Å². The molecule has 1 saturated carbocycles. The lowest BCUT2D eigenvalue weighted by molar-refractivity contribution is 0.337. The Kier molecular flexibility index (Phi) is 5.28. The van der Waals surface area contributed by atoms with Crippen LogP contribution in [0.4, 0.5) is 0 Å². The van der Waals surface area contributed by atoms with E-state index in [0.29, 0.717) is 12.0 Å². The van der Waals surface area contributed by atoms with E-state index in [0.717, 1.165) is 23.8 Å². The first-order valence-corrected chi connectivity index (χ1v) is 7.92. The zero-order valence-corrected chi connectivity index (χ0v) is 13.1. The lowest BCUT2D eigenvalue weighted by atomic mass is 9.88. The van der Waals surface area contributed by atoms with Gasteiger partial charge in [-0.25, -0.2) is 0 Å². The van der Waals surface area contributed by atoms with Gasteiger partial charge in [0.05, 0.1) is 5.69 Å². The first kappa shape index (κ1) is 14.9. The second-order valence-corrected chi connectivity index (χ2v) is 6.10. The molecule has 0 radical (unpaired) electrons. The zero-order valence-electron chi connectivity index (χ0n) is 12.4. The summed E-state index contributed by atoms with van der Waals surface area (Å²) >= 11 is 6.38. The Labute approximate surface area is 121 Å². The van der Waals surface area contributed by atoms with Crippen LogP contribution in [0, 0.1) is 12.8 Å². The van der Waals surface area contributed by atoms with Crippen molar-refractivity contribution in [3.05, 3.63) is 16.4 Å². The van der Waals surface area contributed by atoms with E-state index >= 15 is 0 Å². The van der Waals surface area contributed by atoms with Crippen LogP contribution in [0.2, 0.25) is 5.15 Å². The van der Waals surface area contributed by atoms with Gasteiger partial charge in [-0.05, 0) is 38.6 Å². The Bertz CT molecular complexity index is 414. The molecule has 108 valence electrons. The molecule has 3 nitrogen and oxygen atoms in total. The summed E-state index contributed by atoms with van der Waals surface area (Å²) in [6, 6.07) is 0.642. The van der Waals surface area contributed by atoms with Gasteiger partial charge in [-0.2, -0.15) is 5.10 Å². The van der Waals surface area contributed by atoms with Gasteiger partial charge in [0.1, 0.15) is 5.15 Å². The largest absolute Gasteiger partial charge is 0.314 e. The van der Waals surface area contributed by atoms with E-state index < -0.39 is 0 Å². The molecule has 1 aromatic heterocycles. The topological polar surface area (TPSA) is 29.9 Å². The summed E-state index contributed by atoms with van der Waals surface area (Å²) in [5.41, 5.74) is 2.34. The molecule has 19 heavy (non-hydrogen) atoms. The first-order chi connectivity index (χ1) is 9.13. The van der Waals surface area contributed by atoms with Gasteiger partial charge >= 0.3 is 0 Å². The Morgan fingerprint density at radius 3 is 2.68 bits per heavy atom. The van der Waals surface area contributed by atoms with Crippen molar-refractivity contribution in [2.45, 2.75) is 58.4 Å². The van der Waals surface area contributed by atoms with Crippen molar-refractivity contribution in [1.29, 1.82) is 0 Å². The molecule has 2 rings (SSSR count). The standard InChI is InChI=1S/C15H26ClN3/c1-4-17-14-9-7-5-6-8-12(14)10-13-11(2)18-19(3)15(13)16/h12,14,17H,4-10H2,1-3H3. The second kappa shape index (κ2) is 6.76. The maximum Gasteiger partial charge on any atom is 0.130 e. The third-order valence-electron chi connectivity index (χ3n) is 4.36. The normalized spacial score (nSPS) is 24.4. The number of nitrogens with zero attached hydrogens (tertiary/aromatic N) is 2. The van der Waals surface area contributed by atoms with Crippen molar-refractivity contribution in [2.24, 2.45) is 13.0 Å². The highest BCUT2D eigenvalue weighted by Gasteiger charge is 2.25. The van der Waals surface area contributed by atoms with Crippen molar-refractivity contribution in [1.82, 2.24) is 15.1 Å². The molecule has 0 spiro atoms. The van der Waals surface area contributed by atoms with Crippen LogP contribution < -0.4 is 5.32 Å². The fourth-order valence-electron chi connectivity index (χ4n) is 3.33. The second-order valence-electron chi connectivity index (χ2n) is 5.74. The molecule has 1 heterocycles. The van der Waals surface area contributed by atoms with Crippen LogP contribution in [0.15, 0.2) is 0 Å². The smallest absolute Gasteiger partial charge is 0.130 e. The van der Waals surface area contributed by atoms with Gasteiger partial charge in [0.25, 0.3) is 0 Å². The summed E-state index contributed by atoms with van der Waals surface area (Å²) in [5, 5.41) is 8.92. The van der Waals surface area contributed by atoms with Crippen LogP contribution >= 0.6 is 11.6 Å². The number of hydrogen-bond acceptors (Lipinski definition) is 2. The summed E-state index contributed by atoms with van der Waals surface area (Å²) < 4.78 is 1.80. The van der Waals surface area contributed by atoms with E-state index in [1.54, 1.807) is 4.68 Å². The van der Waals surface area contributed by atoms with E-state index in [-0.39, 0.29) is 0 Å². The van der Waals surface area contributed by atoms with Gasteiger partial charge < -0.3 is 5.32 Å². The van der Waals surface area contributed by atoms with Gasteiger partial charge in [-0.1, -0.05) is 37.8 Å². The lowest BCUT2D eigenvalue weighted by Crippen LogP contribution is -2.36. The van der Waals surface area contributed by atoms with Gasteiger partial charge in [0, 0.05) is 18.7 Å². The van der Waals surface area contributed by atoms with E-state index in [9.17, 15) is 0 Å². The molecule has 2 unspecified atom stereocenters. The maximum atomic E-state index is 6.38. The van der Waals surface area contributed by atoms with Crippen molar-refractivity contribution in [3.63, 3.8) is 0 Å². The van der Waals surface area contributed by atoms with Crippen LogP contribution in [0.1, 0.15) is 50.3 Å². The highest BCUT2D eigenvalue weighted by molar-refractivity contribution is 6.30. The van der Waals surface area contributed by atoms with E-state index in [4.69, 9.17) is 11.6 Å². The molecule has 0 aromatic carbocycles. The van der Waals surface area contributed by atoms with Crippen LogP contribution in [-0.4, -0.2) is 22.4 Å². The van der Waals surface area contributed by atoms with Crippen LogP contribution in [0.25, 0.3) is 0 Å². The number of aryl methyl sites for hydroxylation is 2. The van der Waals surface area contributed by atoms with Crippen molar-refractivity contribution in [3.8, 4) is 0 Å². The number of aromatic nitrogens is 2. The minimum Gasteiger partial charge on any atom is -0.314 e. The average Bonchev–Trinajstić information content (AvgIpc) is 2.58. The highest BCUT2D eigenvalue weighted by Crippen LogP contribution is 2.30. The SMILES string of the molecule is CCNC1CCCCCC1Cc1c(C)nn(C)c1Cl. The van der Waals surface area contributed by atoms with Crippen molar-refractivity contribution < 1.29 is 0 Å². The molecule has 1 aromatic rings. The summed E-state index contributed by atoms with van der Waals surface area (Å²) in [6.07, 6.45) is 7.75. The number of halogens is 1. The third-order valence-corrected chi connectivity index (χ3v) is 4.83. The molecule has 4 heteroatoms. The number of rotatable bonds is 4. The molecule has 0 saturated heterocycles. The molecule has 1 aliphatic carbocycles. The van der Waals surface area contributed by atoms with E-state index in [1.807, 2.05) is 7.05 Å². The van der Waals surface area contributed by atoms with Crippen molar-refractivity contribution >= 4 is 11.6 Å². The number of nitrogens with one attached hydrogen (secondary N) is 1. The summed E-state index contributed by atoms with van der Waals surface area (Å²) in [7, 11) is 1.92. The first-order valence-electron chi connectivity index (χ1n) is 7.54. The average molecular weight is 284 g/mol. The molecule has 1 N–H and O–H groups in total. The van der Waals surface area contributed by atoms with Crippen LogP contribution in [0.3, 0.4) is 0 Å². The van der Waals surface area contributed by atoms with Crippen LogP contribution in [-0.2, 0) is 13.5 Å². The number of hydrogen-bond donors (Lipinski definition) is 1. The highest BCUT2D eigenvalue weighted by atomic mass is 35.5. The third kappa shape index (κ3) is 3.51. The zero-order chi connectivity index (χ0) is 13.8. The molecule has 1 fully saturated rings. The van der Waals surface area contributed by atoms with Gasteiger partial charge in [0.2, 0.25) is 0 Å². The van der Waals surface area contributed by atoms with Gasteiger partial charge in [-0.3, -0.25) is 4.68 Å². The lowest BCUT2D eigenvalue weighted by Gasteiger charge is -2.26. The molecular weight excluding hydrogens is 258 g/mol. The molecule has 1 aliphatic rings. The van der Waals surface area contributed by atoms with E-state index in [1.165, 1.54) is 37.7 Å². The fraction of sp³-hybridized carbons (Fsp3) is 0.800. The monoisotopic (exact) mass is 283 g/mol. The Balaban J connectivity index is 2.13. The molecule has 0 bridgehead atoms. The van der Waals surface area contributed by atoms with Crippen molar-refractivity contribution in [2.75, 3.05) is 6.54 Å². The Morgan fingerprint density at radius 1 is 1.32 bits per heavy atom. The molecule has 0 amide bonds. The van der Waals surface area contributed by atoms with Gasteiger partial charge in [-0.15, -0.1) is 0 Å².